The van der Waals surface area contributed by atoms with E-state index in [1.807, 2.05) is 6.92 Å². The normalized spacial score (nSPS) is 17.7. The van der Waals surface area contributed by atoms with Crippen LogP contribution in [0.2, 0.25) is 0 Å². The second-order valence-electron chi connectivity index (χ2n) is 5.08. The number of halogens is 1. The van der Waals surface area contributed by atoms with E-state index < -0.39 is 17.3 Å². The topological polar surface area (TPSA) is 49.3 Å². The van der Waals surface area contributed by atoms with Crippen molar-refractivity contribution < 1.29 is 14.3 Å². The number of aliphatic hydroxyl groups excluding tert-OH is 1. The number of aliphatic hydroxyl groups is 1. The van der Waals surface area contributed by atoms with Crippen LogP contribution in [-0.2, 0) is 0 Å². The number of carbonyl (C=O) groups excluding carboxylic acids is 1. The highest BCUT2D eigenvalue weighted by molar-refractivity contribution is 5.95. The number of amides is 1. The van der Waals surface area contributed by atoms with Crippen LogP contribution < -0.4 is 5.32 Å². The Morgan fingerprint density at radius 2 is 2.11 bits per heavy atom. The van der Waals surface area contributed by atoms with Crippen molar-refractivity contribution in [2.45, 2.75) is 38.1 Å². The minimum absolute atomic E-state index is 0.0507. The van der Waals surface area contributed by atoms with Crippen LogP contribution in [-0.4, -0.2) is 23.2 Å². The Labute approximate surface area is 106 Å². The first-order valence-corrected chi connectivity index (χ1v) is 6.26. The summed E-state index contributed by atoms with van der Waals surface area (Å²) in [6.07, 6.45) is 3.47. The molecule has 1 aromatic carbocycles. The molecule has 0 atom stereocenters. The van der Waals surface area contributed by atoms with Crippen LogP contribution in [0.1, 0.15) is 41.6 Å². The van der Waals surface area contributed by atoms with Gasteiger partial charge in [-0.15, -0.1) is 0 Å². The summed E-state index contributed by atoms with van der Waals surface area (Å²) in [5.41, 5.74) is 0.327. The lowest BCUT2D eigenvalue weighted by Crippen LogP contribution is -2.49. The summed E-state index contributed by atoms with van der Waals surface area (Å²) in [5.74, 6) is -0.962. The summed E-state index contributed by atoms with van der Waals surface area (Å²) in [6, 6.07) is 4.46. The third-order valence-electron chi connectivity index (χ3n) is 3.61. The smallest absolute Gasteiger partial charge is 0.254 e. The lowest BCUT2D eigenvalue weighted by atomic mass is 9.98. The predicted octanol–water partition coefficient (Wildman–Crippen LogP) is 2.17. The van der Waals surface area contributed by atoms with Crippen molar-refractivity contribution in [3.8, 4) is 0 Å². The van der Waals surface area contributed by atoms with Gasteiger partial charge >= 0.3 is 0 Å². The Morgan fingerprint density at radius 3 is 2.72 bits per heavy atom. The highest BCUT2D eigenvalue weighted by Gasteiger charge is 2.35. The van der Waals surface area contributed by atoms with E-state index in [1.54, 1.807) is 6.07 Å². The lowest BCUT2D eigenvalue weighted by molar-refractivity contribution is 0.0834. The molecule has 1 aliphatic rings. The first-order valence-electron chi connectivity index (χ1n) is 6.26. The Balaban J connectivity index is 2.18. The Bertz CT molecular complexity index is 453. The maximum absolute atomic E-state index is 13.6. The van der Waals surface area contributed by atoms with Crippen molar-refractivity contribution in [3.05, 3.63) is 35.1 Å². The minimum atomic E-state index is -0.562. The van der Waals surface area contributed by atoms with Crippen LogP contribution in [0.3, 0.4) is 0 Å². The van der Waals surface area contributed by atoms with Gasteiger partial charge in [-0.1, -0.05) is 24.5 Å². The largest absolute Gasteiger partial charge is 0.394 e. The van der Waals surface area contributed by atoms with Gasteiger partial charge in [-0.2, -0.15) is 0 Å². The molecule has 3 nitrogen and oxygen atoms in total. The van der Waals surface area contributed by atoms with E-state index in [1.165, 1.54) is 12.1 Å². The van der Waals surface area contributed by atoms with E-state index in [-0.39, 0.29) is 12.2 Å². The molecule has 0 unspecified atom stereocenters. The fraction of sp³-hybridized carbons (Fsp3) is 0.500. The second-order valence-corrected chi connectivity index (χ2v) is 5.08. The third-order valence-corrected chi connectivity index (χ3v) is 3.61. The van der Waals surface area contributed by atoms with Crippen LogP contribution in [0, 0.1) is 12.7 Å². The summed E-state index contributed by atoms with van der Waals surface area (Å²) in [6.45, 7) is 1.72. The SMILES string of the molecule is Cc1ccc(F)c(C(=O)NC2(CO)CCCC2)c1. The van der Waals surface area contributed by atoms with Crippen molar-refractivity contribution in [1.82, 2.24) is 5.32 Å². The molecule has 1 aromatic rings. The Kier molecular flexibility index (Phi) is 3.66. The molecule has 0 aromatic heterocycles. The minimum Gasteiger partial charge on any atom is -0.394 e. The highest BCUT2D eigenvalue weighted by atomic mass is 19.1. The molecule has 0 saturated heterocycles. The van der Waals surface area contributed by atoms with E-state index in [2.05, 4.69) is 5.32 Å². The maximum Gasteiger partial charge on any atom is 0.254 e. The standard InChI is InChI=1S/C14H18FNO2/c1-10-4-5-12(15)11(8-10)13(18)16-14(9-17)6-2-3-7-14/h4-5,8,17H,2-3,6-7,9H2,1H3,(H,16,18). The number of benzene rings is 1. The lowest BCUT2D eigenvalue weighted by Gasteiger charge is -2.28. The van der Waals surface area contributed by atoms with Crippen LogP contribution >= 0.6 is 0 Å². The zero-order valence-corrected chi connectivity index (χ0v) is 10.5. The van der Waals surface area contributed by atoms with Gasteiger partial charge in [0, 0.05) is 0 Å². The van der Waals surface area contributed by atoms with Gasteiger partial charge in [-0.3, -0.25) is 4.79 Å². The van der Waals surface area contributed by atoms with E-state index in [0.29, 0.717) is 0 Å². The number of hydrogen-bond acceptors (Lipinski definition) is 2. The molecule has 2 N–H and O–H groups in total. The van der Waals surface area contributed by atoms with Crippen LogP contribution in [0.15, 0.2) is 18.2 Å². The van der Waals surface area contributed by atoms with Gasteiger partial charge in [0.05, 0.1) is 17.7 Å². The van der Waals surface area contributed by atoms with Crippen molar-refractivity contribution in [2.75, 3.05) is 6.61 Å². The van der Waals surface area contributed by atoms with Crippen LogP contribution in [0.4, 0.5) is 4.39 Å². The molecule has 4 heteroatoms. The van der Waals surface area contributed by atoms with E-state index in [4.69, 9.17) is 0 Å². The molecule has 2 rings (SSSR count). The third kappa shape index (κ3) is 2.53. The molecule has 0 heterocycles. The summed E-state index contributed by atoms with van der Waals surface area (Å²) in [4.78, 5) is 12.1. The van der Waals surface area contributed by atoms with Crippen molar-refractivity contribution in [3.63, 3.8) is 0 Å². The van der Waals surface area contributed by atoms with Crippen molar-refractivity contribution in [2.24, 2.45) is 0 Å². The predicted molar refractivity (Wildman–Crippen MR) is 66.9 cm³/mol. The molecule has 18 heavy (non-hydrogen) atoms. The Morgan fingerprint density at radius 1 is 1.44 bits per heavy atom. The molecule has 0 spiro atoms. The zero-order valence-electron chi connectivity index (χ0n) is 10.5. The fourth-order valence-corrected chi connectivity index (χ4v) is 2.50. The van der Waals surface area contributed by atoms with Gasteiger partial charge in [0.15, 0.2) is 0 Å². The average molecular weight is 251 g/mol. The number of rotatable bonds is 3. The number of aryl methyl sites for hydroxylation is 1. The molecule has 0 aliphatic heterocycles. The van der Waals surface area contributed by atoms with Gasteiger partial charge in [0.2, 0.25) is 0 Å². The van der Waals surface area contributed by atoms with Gasteiger partial charge in [-0.25, -0.2) is 4.39 Å². The molecule has 1 aliphatic carbocycles. The van der Waals surface area contributed by atoms with Crippen LogP contribution in [0.5, 0.6) is 0 Å². The van der Waals surface area contributed by atoms with Crippen molar-refractivity contribution >= 4 is 5.91 Å². The van der Waals surface area contributed by atoms with E-state index in [9.17, 15) is 14.3 Å². The molecule has 1 amide bonds. The molecule has 98 valence electrons. The maximum atomic E-state index is 13.6. The summed E-state index contributed by atoms with van der Waals surface area (Å²) < 4.78 is 13.6. The molecule has 1 fully saturated rings. The molecule has 1 saturated carbocycles. The Hall–Kier alpha value is -1.42. The molecular weight excluding hydrogens is 233 g/mol. The van der Waals surface area contributed by atoms with Crippen molar-refractivity contribution in [1.29, 1.82) is 0 Å². The number of nitrogens with one attached hydrogen (secondary N) is 1. The summed E-state index contributed by atoms with van der Waals surface area (Å²) >= 11 is 0. The van der Waals surface area contributed by atoms with Gasteiger partial charge in [-0.05, 0) is 31.9 Å². The summed E-state index contributed by atoms with van der Waals surface area (Å²) in [7, 11) is 0. The number of hydrogen-bond donors (Lipinski definition) is 2. The average Bonchev–Trinajstić information content (AvgIpc) is 2.81. The molecule has 0 radical (unpaired) electrons. The van der Waals surface area contributed by atoms with Crippen LogP contribution in [0.25, 0.3) is 0 Å². The van der Waals surface area contributed by atoms with Gasteiger partial charge < -0.3 is 10.4 Å². The zero-order chi connectivity index (χ0) is 13.2. The fourth-order valence-electron chi connectivity index (χ4n) is 2.50. The molecular formula is C14H18FNO2. The van der Waals surface area contributed by atoms with Gasteiger partial charge in [0.25, 0.3) is 5.91 Å². The first-order chi connectivity index (χ1) is 8.56. The van der Waals surface area contributed by atoms with E-state index >= 15 is 0 Å². The second kappa shape index (κ2) is 5.06. The quantitative estimate of drug-likeness (QED) is 0.865. The summed E-state index contributed by atoms with van der Waals surface area (Å²) in [5, 5.41) is 12.2. The number of carbonyl (C=O) groups is 1. The molecule has 0 bridgehead atoms. The van der Waals surface area contributed by atoms with E-state index in [0.717, 1.165) is 31.2 Å². The highest BCUT2D eigenvalue weighted by Crippen LogP contribution is 2.29. The van der Waals surface area contributed by atoms with Gasteiger partial charge in [0.1, 0.15) is 5.82 Å². The first kappa shape index (κ1) is 13.0. The monoisotopic (exact) mass is 251 g/mol.